The lowest BCUT2D eigenvalue weighted by Crippen LogP contribution is -2.54. The van der Waals surface area contributed by atoms with E-state index in [9.17, 15) is 14.4 Å². The summed E-state index contributed by atoms with van der Waals surface area (Å²) in [4.78, 5) is 52.4. The molecule has 2 saturated heterocycles. The lowest BCUT2D eigenvalue weighted by molar-refractivity contribution is -0.134. The van der Waals surface area contributed by atoms with E-state index in [4.69, 9.17) is 0 Å². The first-order valence-electron chi connectivity index (χ1n) is 11.2. The molecule has 10 heteroatoms. The van der Waals surface area contributed by atoms with Crippen molar-refractivity contribution in [3.05, 3.63) is 68.1 Å². The first kappa shape index (κ1) is 22.7. The number of carbonyl (C=O) groups is 3. The van der Waals surface area contributed by atoms with Crippen LogP contribution in [0.25, 0.3) is 0 Å². The van der Waals surface area contributed by atoms with E-state index in [-0.39, 0.29) is 24.3 Å². The molecule has 2 aliphatic heterocycles. The van der Waals surface area contributed by atoms with E-state index >= 15 is 0 Å². The zero-order valence-electron chi connectivity index (χ0n) is 19.0. The van der Waals surface area contributed by atoms with Gasteiger partial charge in [-0.25, -0.2) is 9.78 Å². The van der Waals surface area contributed by atoms with E-state index in [0.717, 1.165) is 16.3 Å². The second-order valence-electron chi connectivity index (χ2n) is 8.72. The topological polar surface area (TPSA) is 95.5 Å². The van der Waals surface area contributed by atoms with Crippen LogP contribution in [0, 0.1) is 19.8 Å². The highest BCUT2D eigenvalue weighted by Crippen LogP contribution is 2.42. The van der Waals surface area contributed by atoms with Crippen molar-refractivity contribution in [2.45, 2.75) is 38.8 Å². The van der Waals surface area contributed by atoms with Crippen LogP contribution in [-0.4, -0.2) is 50.7 Å². The summed E-state index contributed by atoms with van der Waals surface area (Å²) in [5, 5.41) is 7.79. The number of imide groups is 1. The fraction of sp³-hybridized carbons (Fsp3) is 0.375. The summed E-state index contributed by atoms with van der Waals surface area (Å²) in [5.74, 6) is -0.429. The maximum atomic E-state index is 13.9. The van der Waals surface area contributed by atoms with E-state index in [1.54, 1.807) is 18.5 Å². The van der Waals surface area contributed by atoms with Crippen molar-refractivity contribution in [2.24, 2.45) is 5.92 Å². The van der Waals surface area contributed by atoms with Gasteiger partial charge in [0.25, 0.3) is 11.8 Å². The van der Waals surface area contributed by atoms with Crippen molar-refractivity contribution < 1.29 is 14.4 Å². The number of pyridine rings is 1. The number of hydrogen-bond donors (Lipinski definition) is 1. The maximum absolute atomic E-state index is 13.9. The summed E-state index contributed by atoms with van der Waals surface area (Å²) in [6.45, 7) is 5.01. The highest BCUT2D eigenvalue weighted by molar-refractivity contribution is 7.13. The highest BCUT2D eigenvalue weighted by Gasteiger charge is 2.57. The Hall–Kier alpha value is -3.11. The molecule has 34 heavy (non-hydrogen) atoms. The molecular formula is C24H25N5O3S2. The average molecular weight is 496 g/mol. The van der Waals surface area contributed by atoms with Crippen LogP contribution in [0.4, 0.5) is 4.79 Å². The minimum absolute atomic E-state index is 0.0159. The molecule has 5 rings (SSSR count). The molecule has 0 unspecified atom stereocenters. The number of likely N-dealkylation sites (tertiary alicyclic amines) is 1. The number of carbonyl (C=O) groups excluding carboxylic acids is 3. The number of thiophene rings is 1. The Morgan fingerprint density at radius 2 is 2.03 bits per heavy atom. The number of piperidine rings is 1. The van der Waals surface area contributed by atoms with Crippen LogP contribution in [-0.2, 0) is 16.9 Å². The first-order valence-corrected chi connectivity index (χ1v) is 12.9. The smallest absolute Gasteiger partial charge is 0.325 e. The van der Waals surface area contributed by atoms with E-state index in [0.29, 0.717) is 36.4 Å². The van der Waals surface area contributed by atoms with Gasteiger partial charge in [-0.05, 0) is 61.1 Å². The largest absolute Gasteiger partial charge is 0.338 e. The van der Waals surface area contributed by atoms with Crippen LogP contribution < -0.4 is 5.32 Å². The van der Waals surface area contributed by atoms with Gasteiger partial charge in [-0.3, -0.25) is 19.5 Å². The molecule has 3 aromatic heterocycles. The van der Waals surface area contributed by atoms with Gasteiger partial charge in [0.15, 0.2) is 5.54 Å². The van der Waals surface area contributed by atoms with Crippen LogP contribution in [0.3, 0.4) is 0 Å². The minimum Gasteiger partial charge on any atom is -0.338 e. The number of nitrogens with one attached hydrogen (secondary N) is 1. The predicted molar refractivity (Wildman–Crippen MR) is 130 cm³/mol. The van der Waals surface area contributed by atoms with Gasteiger partial charge in [0.2, 0.25) is 0 Å². The second-order valence-corrected chi connectivity index (χ2v) is 10.7. The van der Waals surface area contributed by atoms with Gasteiger partial charge in [0, 0.05) is 31.0 Å². The Morgan fingerprint density at radius 1 is 1.24 bits per heavy atom. The summed E-state index contributed by atoms with van der Waals surface area (Å²) in [6, 6.07) is 5.16. The number of thiazole rings is 1. The molecule has 0 aliphatic carbocycles. The normalized spacial score (nSPS) is 21.2. The lowest BCUT2D eigenvalue weighted by atomic mass is 9.73. The molecule has 1 atom stereocenters. The Bertz CT molecular complexity index is 1220. The number of amides is 4. The molecule has 176 valence electrons. The van der Waals surface area contributed by atoms with Gasteiger partial charge < -0.3 is 10.2 Å². The molecular weight excluding hydrogens is 470 g/mol. The Kier molecular flexibility index (Phi) is 5.95. The monoisotopic (exact) mass is 495 g/mol. The Balaban J connectivity index is 1.41. The predicted octanol–water partition coefficient (Wildman–Crippen LogP) is 3.72. The molecule has 4 amide bonds. The summed E-state index contributed by atoms with van der Waals surface area (Å²) in [5.41, 5.74) is 1.17. The third-order valence-electron chi connectivity index (χ3n) is 6.66. The third-order valence-corrected chi connectivity index (χ3v) is 8.45. The van der Waals surface area contributed by atoms with Crippen molar-refractivity contribution in [1.29, 1.82) is 0 Å². The Morgan fingerprint density at radius 3 is 2.65 bits per heavy atom. The van der Waals surface area contributed by atoms with Crippen molar-refractivity contribution in [3.8, 4) is 0 Å². The van der Waals surface area contributed by atoms with Crippen molar-refractivity contribution in [2.75, 3.05) is 13.1 Å². The summed E-state index contributed by atoms with van der Waals surface area (Å²) < 4.78 is 0. The molecule has 8 nitrogen and oxygen atoms in total. The molecule has 0 aromatic carbocycles. The summed E-state index contributed by atoms with van der Waals surface area (Å²) >= 11 is 2.95. The van der Waals surface area contributed by atoms with Gasteiger partial charge in [-0.15, -0.1) is 11.3 Å². The number of rotatable bonds is 5. The minimum atomic E-state index is -1.19. The number of urea groups is 1. The lowest BCUT2D eigenvalue weighted by Gasteiger charge is -2.41. The summed E-state index contributed by atoms with van der Waals surface area (Å²) in [6.07, 6.45) is 4.50. The van der Waals surface area contributed by atoms with E-state index < -0.39 is 11.6 Å². The third kappa shape index (κ3) is 3.80. The number of aromatic nitrogens is 2. The van der Waals surface area contributed by atoms with Crippen LogP contribution in [0.5, 0.6) is 0 Å². The SMILES string of the molecule is Cc1nc(C)c(C(=O)N2CCC([C@]3(c4cccnc4)NC(=O)N(Cc4ccsc4)C3=O)CC2)s1. The molecule has 3 aromatic rings. The maximum Gasteiger partial charge on any atom is 0.325 e. The zero-order chi connectivity index (χ0) is 23.9. The van der Waals surface area contributed by atoms with E-state index in [1.807, 2.05) is 41.6 Å². The molecule has 2 fully saturated rings. The van der Waals surface area contributed by atoms with Crippen LogP contribution >= 0.6 is 22.7 Å². The van der Waals surface area contributed by atoms with Gasteiger partial charge >= 0.3 is 6.03 Å². The van der Waals surface area contributed by atoms with Crippen molar-refractivity contribution in [1.82, 2.24) is 25.1 Å². The van der Waals surface area contributed by atoms with Gasteiger partial charge in [0.05, 0.1) is 17.2 Å². The number of hydrogen-bond acceptors (Lipinski definition) is 7. The molecule has 0 bridgehead atoms. The molecule has 2 aliphatic rings. The van der Waals surface area contributed by atoms with E-state index in [2.05, 4.69) is 15.3 Å². The van der Waals surface area contributed by atoms with Crippen LogP contribution in [0.2, 0.25) is 0 Å². The fourth-order valence-corrected chi connectivity index (χ4v) is 6.54. The van der Waals surface area contributed by atoms with E-state index in [1.165, 1.54) is 27.6 Å². The standard InChI is InChI=1S/C24H25N5O3S2/c1-15-20(34-16(2)26-15)21(30)28-9-5-18(6-10-28)24(19-4-3-8-25-12-19)22(31)29(23(32)27-24)13-17-7-11-33-14-17/h3-4,7-8,11-12,14,18H,5-6,9-10,13H2,1-2H3,(H,27,32)/t24-/m1/s1. The zero-order valence-corrected chi connectivity index (χ0v) is 20.6. The quantitative estimate of drug-likeness (QED) is 0.545. The average Bonchev–Trinajstić information content (AvgIpc) is 3.55. The molecule has 0 spiro atoms. The van der Waals surface area contributed by atoms with Crippen LogP contribution in [0.1, 0.15) is 44.3 Å². The molecule has 1 N–H and O–H groups in total. The van der Waals surface area contributed by atoms with Crippen molar-refractivity contribution in [3.63, 3.8) is 0 Å². The fourth-order valence-electron chi connectivity index (χ4n) is 5.00. The van der Waals surface area contributed by atoms with Crippen LogP contribution in [0.15, 0.2) is 41.4 Å². The first-order chi connectivity index (χ1) is 16.4. The van der Waals surface area contributed by atoms with Crippen molar-refractivity contribution >= 4 is 40.5 Å². The molecule has 0 saturated carbocycles. The van der Waals surface area contributed by atoms with Gasteiger partial charge in [0.1, 0.15) is 4.88 Å². The summed E-state index contributed by atoms with van der Waals surface area (Å²) in [7, 11) is 0. The molecule has 5 heterocycles. The van der Waals surface area contributed by atoms with Gasteiger partial charge in [-0.2, -0.15) is 11.3 Å². The van der Waals surface area contributed by atoms with Gasteiger partial charge in [-0.1, -0.05) is 6.07 Å². The molecule has 0 radical (unpaired) electrons. The number of aryl methyl sites for hydroxylation is 2. The second kappa shape index (κ2) is 8.92. The number of nitrogens with zero attached hydrogens (tertiary/aromatic N) is 4. The Labute approximate surface area is 205 Å². The highest BCUT2D eigenvalue weighted by atomic mass is 32.1.